The zero-order valence-corrected chi connectivity index (χ0v) is 7.84. The lowest BCUT2D eigenvalue weighted by molar-refractivity contribution is 0.112. The van der Waals surface area contributed by atoms with Gasteiger partial charge in [0.1, 0.15) is 6.29 Å². The molecule has 1 aromatic rings. The van der Waals surface area contributed by atoms with E-state index < -0.39 is 9.84 Å². The van der Waals surface area contributed by atoms with Crippen molar-refractivity contribution in [2.24, 2.45) is 0 Å². The van der Waals surface area contributed by atoms with E-state index in [1.165, 1.54) is 18.2 Å². The Hall–Kier alpha value is -1.36. The van der Waals surface area contributed by atoms with E-state index in [2.05, 4.69) is 0 Å². The number of anilines is 1. The Labute approximate surface area is 76.3 Å². The van der Waals surface area contributed by atoms with E-state index in [1.807, 2.05) is 0 Å². The summed E-state index contributed by atoms with van der Waals surface area (Å²) in [5, 5.41) is 0. The Kier molecular flexibility index (Phi) is 2.38. The van der Waals surface area contributed by atoms with Crippen molar-refractivity contribution in [3.63, 3.8) is 0 Å². The molecule has 2 N–H and O–H groups in total. The molecule has 0 amide bonds. The van der Waals surface area contributed by atoms with E-state index in [1.54, 1.807) is 0 Å². The second-order valence-electron chi connectivity index (χ2n) is 2.69. The SMILES string of the molecule is CS(=O)(=O)c1cc(C=O)ccc1N. The first-order chi connectivity index (χ1) is 5.95. The molecule has 13 heavy (non-hydrogen) atoms. The predicted octanol–water partition coefficient (Wildman–Crippen LogP) is 0.485. The van der Waals surface area contributed by atoms with Crippen LogP contribution in [0, 0.1) is 0 Å². The van der Waals surface area contributed by atoms with Gasteiger partial charge in [-0.3, -0.25) is 4.79 Å². The van der Waals surface area contributed by atoms with Crippen molar-refractivity contribution in [2.75, 3.05) is 12.0 Å². The van der Waals surface area contributed by atoms with Crippen molar-refractivity contribution in [1.82, 2.24) is 0 Å². The number of carbonyl (C=O) groups excluding carboxylic acids is 1. The largest absolute Gasteiger partial charge is 0.398 e. The molecule has 0 aliphatic heterocycles. The van der Waals surface area contributed by atoms with E-state index in [9.17, 15) is 13.2 Å². The van der Waals surface area contributed by atoms with Gasteiger partial charge in [0.25, 0.3) is 0 Å². The molecule has 0 radical (unpaired) electrons. The second kappa shape index (κ2) is 3.18. The average Bonchev–Trinajstić information content (AvgIpc) is 2.03. The number of hydrogen-bond acceptors (Lipinski definition) is 4. The standard InChI is InChI=1S/C8H9NO3S/c1-13(11,12)8-4-6(5-10)2-3-7(8)9/h2-5H,9H2,1H3. The number of nitrogens with two attached hydrogens (primary N) is 1. The van der Waals surface area contributed by atoms with Crippen LogP contribution in [0.5, 0.6) is 0 Å². The zero-order chi connectivity index (χ0) is 10.1. The molecule has 1 aromatic carbocycles. The fraction of sp³-hybridized carbons (Fsp3) is 0.125. The lowest BCUT2D eigenvalue weighted by Gasteiger charge is -2.02. The number of benzene rings is 1. The molecule has 0 aromatic heterocycles. The molecule has 0 atom stereocenters. The molecule has 0 spiro atoms. The maximum atomic E-state index is 11.1. The molecule has 0 saturated heterocycles. The third kappa shape index (κ3) is 2.06. The van der Waals surface area contributed by atoms with Crippen molar-refractivity contribution in [3.05, 3.63) is 23.8 Å². The fourth-order valence-electron chi connectivity index (χ4n) is 0.945. The van der Waals surface area contributed by atoms with E-state index in [0.29, 0.717) is 11.8 Å². The molecular formula is C8H9NO3S. The van der Waals surface area contributed by atoms with Crippen molar-refractivity contribution in [1.29, 1.82) is 0 Å². The lowest BCUT2D eigenvalue weighted by atomic mass is 10.2. The van der Waals surface area contributed by atoms with Crippen LogP contribution in [0.25, 0.3) is 0 Å². The van der Waals surface area contributed by atoms with Gasteiger partial charge in [-0.05, 0) is 18.2 Å². The number of nitrogen functional groups attached to an aromatic ring is 1. The number of aldehydes is 1. The van der Waals surface area contributed by atoms with Gasteiger partial charge in [0.15, 0.2) is 9.84 Å². The first-order valence-corrected chi connectivity index (χ1v) is 5.39. The van der Waals surface area contributed by atoms with Crippen LogP contribution in [0.2, 0.25) is 0 Å². The molecule has 0 saturated carbocycles. The summed E-state index contributed by atoms with van der Waals surface area (Å²) in [5.74, 6) is 0. The topological polar surface area (TPSA) is 77.2 Å². The highest BCUT2D eigenvalue weighted by Gasteiger charge is 2.11. The molecule has 70 valence electrons. The maximum absolute atomic E-state index is 11.1. The van der Waals surface area contributed by atoms with Crippen molar-refractivity contribution >= 4 is 21.8 Å². The van der Waals surface area contributed by atoms with Gasteiger partial charge in [0, 0.05) is 11.8 Å². The number of carbonyl (C=O) groups is 1. The van der Waals surface area contributed by atoms with Crippen LogP contribution in [-0.2, 0) is 9.84 Å². The summed E-state index contributed by atoms with van der Waals surface area (Å²) in [6, 6.07) is 4.13. The molecule has 5 heteroatoms. The van der Waals surface area contributed by atoms with Gasteiger partial charge in [-0.2, -0.15) is 0 Å². The Bertz CT molecular complexity index is 437. The Balaban J connectivity index is 3.44. The summed E-state index contributed by atoms with van der Waals surface area (Å²) in [5.41, 5.74) is 5.90. The highest BCUT2D eigenvalue weighted by Crippen LogP contribution is 2.18. The smallest absolute Gasteiger partial charge is 0.177 e. The monoisotopic (exact) mass is 199 g/mol. The second-order valence-corrected chi connectivity index (χ2v) is 4.67. The minimum Gasteiger partial charge on any atom is -0.398 e. The van der Waals surface area contributed by atoms with Gasteiger partial charge < -0.3 is 5.73 Å². The molecule has 0 bridgehead atoms. The van der Waals surface area contributed by atoms with E-state index in [4.69, 9.17) is 5.73 Å². The first-order valence-electron chi connectivity index (χ1n) is 3.50. The molecule has 1 rings (SSSR count). The predicted molar refractivity (Wildman–Crippen MR) is 49.4 cm³/mol. The van der Waals surface area contributed by atoms with E-state index in [-0.39, 0.29) is 10.6 Å². The van der Waals surface area contributed by atoms with Crippen LogP contribution in [0.15, 0.2) is 23.1 Å². The molecule has 0 fully saturated rings. The fourth-order valence-corrected chi connectivity index (χ4v) is 1.79. The van der Waals surface area contributed by atoms with Crippen LogP contribution in [-0.4, -0.2) is 21.0 Å². The maximum Gasteiger partial charge on any atom is 0.177 e. The minimum absolute atomic E-state index is 0.00269. The summed E-state index contributed by atoms with van der Waals surface area (Å²) in [4.78, 5) is 10.4. The summed E-state index contributed by atoms with van der Waals surface area (Å²) in [7, 11) is -3.35. The number of hydrogen-bond donors (Lipinski definition) is 1. The van der Waals surface area contributed by atoms with Crippen LogP contribution >= 0.6 is 0 Å². The van der Waals surface area contributed by atoms with Gasteiger partial charge in [-0.15, -0.1) is 0 Å². The molecule has 4 nitrogen and oxygen atoms in total. The molecular weight excluding hydrogens is 190 g/mol. The van der Waals surface area contributed by atoms with Crippen molar-refractivity contribution in [3.8, 4) is 0 Å². The third-order valence-corrected chi connectivity index (χ3v) is 2.73. The Morgan fingerprint density at radius 3 is 2.46 bits per heavy atom. The van der Waals surface area contributed by atoms with Gasteiger partial charge in [0.05, 0.1) is 10.6 Å². The van der Waals surface area contributed by atoms with Crippen LogP contribution in [0.3, 0.4) is 0 Å². The van der Waals surface area contributed by atoms with Crippen molar-refractivity contribution < 1.29 is 13.2 Å². The van der Waals surface area contributed by atoms with Gasteiger partial charge in [-0.25, -0.2) is 8.42 Å². The van der Waals surface area contributed by atoms with Crippen LogP contribution in [0.4, 0.5) is 5.69 Å². The third-order valence-electron chi connectivity index (χ3n) is 1.57. The normalized spacial score (nSPS) is 11.2. The molecule has 0 unspecified atom stereocenters. The minimum atomic E-state index is -3.35. The number of rotatable bonds is 2. The average molecular weight is 199 g/mol. The van der Waals surface area contributed by atoms with Crippen molar-refractivity contribution in [2.45, 2.75) is 4.90 Å². The molecule has 0 heterocycles. The lowest BCUT2D eigenvalue weighted by Crippen LogP contribution is -2.03. The zero-order valence-electron chi connectivity index (χ0n) is 7.02. The summed E-state index contributed by atoms with van der Waals surface area (Å²) < 4.78 is 22.3. The van der Waals surface area contributed by atoms with Crippen LogP contribution in [0.1, 0.15) is 10.4 Å². The molecule has 0 aliphatic carbocycles. The highest BCUT2D eigenvalue weighted by atomic mass is 32.2. The summed E-state index contributed by atoms with van der Waals surface area (Å²) >= 11 is 0. The highest BCUT2D eigenvalue weighted by molar-refractivity contribution is 7.90. The quantitative estimate of drug-likeness (QED) is 0.555. The van der Waals surface area contributed by atoms with Crippen LogP contribution < -0.4 is 5.73 Å². The first kappa shape index (κ1) is 9.73. The Morgan fingerprint density at radius 1 is 1.38 bits per heavy atom. The summed E-state index contributed by atoms with van der Waals surface area (Å²) in [6.07, 6.45) is 1.63. The van der Waals surface area contributed by atoms with E-state index >= 15 is 0 Å². The van der Waals surface area contributed by atoms with Gasteiger partial charge >= 0.3 is 0 Å². The van der Waals surface area contributed by atoms with Gasteiger partial charge in [0.2, 0.25) is 0 Å². The number of sulfone groups is 1. The molecule has 0 aliphatic rings. The Morgan fingerprint density at radius 2 is 2.00 bits per heavy atom. The summed E-state index contributed by atoms with van der Waals surface area (Å²) in [6.45, 7) is 0. The van der Waals surface area contributed by atoms with E-state index in [0.717, 1.165) is 6.26 Å². The van der Waals surface area contributed by atoms with Gasteiger partial charge in [-0.1, -0.05) is 0 Å².